The molecule has 0 bridgehead atoms. The third-order valence-electron chi connectivity index (χ3n) is 2.65. The second-order valence-corrected chi connectivity index (χ2v) is 5.09. The van der Waals surface area contributed by atoms with Gasteiger partial charge in [0.25, 0.3) is 0 Å². The molecule has 0 aliphatic heterocycles. The molecule has 0 radical (unpaired) electrons. The number of nitrogens with one attached hydrogen (secondary N) is 1. The lowest BCUT2D eigenvalue weighted by Gasteiger charge is -2.10. The van der Waals surface area contributed by atoms with Crippen molar-refractivity contribution in [2.75, 3.05) is 18.5 Å². The summed E-state index contributed by atoms with van der Waals surface area (Å²) in [4.78, 5) is 4.13. The van der Waals surface area contributed by atoms with Crippen LogP contribution in [0.1, 0.15) is 26.7 Å². The van der Waals surface area contributed by atoms with Crippen LogP contribution in [0, 0.1) is 0 Å². The maximum Gasteiger partial charge on any atom is 0.573 e. The Morgan fingerprint density at radius 1 is 1.21 bits per heavy atom. The molecular weight excluding hydrogens is 438 g/mol. The lowest BCUT2D eigenvalue weighted by atomic mass is 10.3. The van der Waals surface area contributed by atoms with Gasteiger partial charge in [0.1, 0.15) is 5.75 Å². The molecule has 3 N–H and O–H groups in total. The van der Waals surface area contributed by atoms with Crippen molar-refractivity contribution in [1.82, 2.24) is 0 Å². The van der Waals surface area contributed by atoms with Gasteiger partial charge in [0.2, 0.25) is 0 Å². The second-order valence-electron chi connectivity index (χ2n) is 5.09. The third-order valence-corrected chi connectivity index (χ3v) is 2.65. The molecule has 1 aromatic carbocycles. The van der Waals surface area contributed by atoms with Gasteiger partial charge >= 0.3 is 6.36 Å². The van der Waals surface area contributed by atoms with E-state index in [9.17, 15) is 13.2 Å². The molecule has 138 valence electrons. The molecule has 1 aromatic rings. The molecule has 0 saturated carbocycles. The summed E-state index contributed by atoms with van der Waals surface area (Å²) in [6.45, 7) is 5.19. The van der Waals surface area contributed by atoms with Crippen LogP contribution in [0.2, 0.25) is 0 Å². The molecule has 0 atom stereocenters. The van der Waals surface area contributed by atoms with Crippen molar-refractivity contribution in [2.45, 2.75) is 39.2 Å². The van der Waals surface area contributed by atoms with E-state index < -0.39 is 6.36 Å². The first kappa shape index (κ1) is 22.8. The molecular formula is C15H23F3IN3O2. The number of benzene rings is 1. The van der Waals surface area contributed by atoms with E-state index >= 15 is 0 Å². The van der Waals surface area contributed by atoms with Crippen molar-refractivity contribution in [3.8, 4) is 5.75 Å². The van der Waals surface area contributed by atoms with Crippen LogP contribution in [0.4, 0.5) is 18.9 Å². The van der Waals surface area contributed by atoms with E-state index in [1.807, 2.05) is 13.8 Å². The highest BCUT2D eigenvalue weighted by Gasteiger charge is 2.30. The van der Waals surface area contributed by atoms with E-state index in [1.54, 1.807) is 0 Å². The number of anilines is 1. The minimum Gasteiger partial charge on any atom is -0.406 e. The number of nitrogens with two attached hydrogens (primary N) is 1. The molecule has 5 nitrogen and oxygen atoms in total. The Morgan fingerprint density at radius 2 is 1.83 bits per heavy atom. The highest BCUT2D eigenvalue weighted by molar-refractivity contribution is 14.0. The monoisotopic (exact) mass is 461 g/mol. The lowest BCUT2D eigenvalue weighted by molar-refractivity contribution is -0.274. The van der Waals surface area contributed by atoms with Gasteiger partial charge in [-0.05, 0) is 51.0 Å². The highest BCUT2D eigenvalue weighted by Crippen LogP contribution is 2.23. The molecule has 0 spiro atoms. The summed E-state index contributed by atoms with van der Waals surface area (Å²) in [6.07, 6.45) is -2.75. The maximum absolute atomic E-state index is 12.0. The summed E-state index contributed by atoms with van der Waals surface area (Å²) < 4.78 is 45.3. The predicted octanol–water partition coefficient (Wildman–Crippen LogP) is 4.14. The van der Waals surface area contributed by atoms with Crippen molar-refractivity contribution in [3.63, 3.8) is 0 Å². The Morgan fingerprint density at radius 3 is 2.38 bits per heavy atom. The fourth-order valence-corrected chi connectivity index (χ4v) is 1.66. The first-order valence-electron chi connectivity index (χ1n) is 7.30. The van der Waals surface area contributed by atoms with Crippen LogP contribution < -0.4 is 15.8 Å². The fourth-order valence-electron chi connectivity index (χ4n) is 1.66. The van der Waals surface area contributed by atoms with E-state index in [-0.39, 0.29) is 41.8 Å². The number of alkyl halides is 3. The predicted molar refractivity (Wildman–Crippen MR) is 99.0 cm³/mol. The van der Waals surface area contributed by atoms with Gasteiger partial charge in [-0.15, -0.1) is 37.1 Å². The minimum absolute atomic E-state index is 0. The van der Waals surface area contributed by atoms with Crippen molar-refractivity contribution in [2.24, 2.45) is 10.7 Å². The van der Waals surface area contributed by atoms with Gasteiger partial charge in [-0.2, -0.15) is 0 Å². The Bertz CT molecular complexity index is 494. The summed E-state index contributed by atoms with van der Waals surface area (Å²) in [5, 5.41) is 2.80. The number of nitrogens with zero attached hydrogens (tertiary/aromatic N) is 1. The lowest BCUT2D eigenvalue weighted by Crippen LogP contribution is -2.23. The molecule has 0 saturated heterocycles. The standard InChI is InChI=1S/C15H22F3N3O2.HI/c1-11(2)22-10-4-3-9-20-14(19)21-12-5-7-13(8-6-12)23-15(16,17)18;/h5-8,11H,3-4,9-10H2,1-2H3,(H3,19,20,21);1H. The molecule has 0 unspecified atom stereocenters. The molecule has 24 heavy (non-hydrogen) atoms. The zero-order valence-electron chi connectivity index (χ0n) is 13.6. The molecule has 0 aliphatic rings. The number of unbranched alkanes of at least 4 members (excludes halogenated alkanes) is 1. The van der Waals surface area contributed by atoms with E-state index in [2.05, 4.69) is 15.0 Å². The average molecular weight is 461 g/mol. The van der Waals surface area contributed by atoms with Crippen molar-refractivity contribution in [3.05, 3.63) is 24.3 Å². The van der Waals surface area contributed by atoms with E-state index in [1.165, 1.54) is 24.3 Å². The quantitative estimate of drug-likeness (QED) is 0.265. The molecule has 0 amide bonds. The fraction of sp³-hybridized carbons (Fsp3) is 0.533. The number of hydrogen-bond acceptors (Lipinski definition) is 3. The number of halogens is 4. The van der Waals surface area contributed by atoms with Gasteiger partial charge in [-0.3, -0.25) is 4.99 Å². The van der Waals surface area contributed by atoms with Crippen LogP contribution in [0.5, 0.6) is 5.75 Å². The van der Waals surface area contributed by atoms with E-state index in [0.717, 1.165) is 12.8 Å². The normalized spacial score (nSPS) is 12.0. The van der Waals surface area contributed by atoms with E-state index in [4.69, 9.17) is 10.5 Å². The average Bonchev–Trinajstić information content (AvgIpc) is 2.43. The van der Waals surface area contributed by atoms with Gasteiger partial charge in [0.05, 0.1) is 6.10 Å². The second kappa shape index (κ2) is 11.3. The summed E-state index contributed by atoms with van der Waals surface area (Å²) >= 11 is 0. The summed E-state index contributed by atoms with van der Waals surface area (Å²) in [7, 11) is 0. The number of ether oxygens (including phenoxy) is 2. The van der Waals surface area contributed by atoms with Crippen LogP contribution in [-0.4, -0.2) is 31.6 Å². The maximum atomic E-state index is 12.0. The Balaban J connectivity index is 0.00000529. The van der Waals surface area contributed by atoms with Crippen LogP contribution in [0.25, 0.3) is 0 Å². The summed E-state index contributed by atoms with van der Waals surface area (Å²) in [5.41, 5.74) is 6.24. The van der Waals surface area contributed by atoms with Crippen LogP contribution in [-0.2, 0) is 4.74 Å². The molecule has 9 heteroatoms. The molecule has 0 aliphatic carbocycles. The Hall–Kier alpha value is -1.23. The van der Waals surface area contributed by atoms with Crippen molar-refractivity contribution in [1.29, 1.82) is 0 Å². The zero-order chi connectivity index (χ0) is 17.3. The van der Waals surface area contributed by atoms with Crippen molar-refractivity contribution >= 4 is 35.6 Å². The largest absolute Gasteiger partial charge is 0.573 e. The SMILES string of the molecule is CC(C)OCCCCN=C(N)Nc1ccc(OC(F)(F)F)cc1.I. The van der Waals surface area contributed by atoms with Gasteiger partial charge in [-0.1, -0.05) is 0 Å². The first-order valence-corrected chi connectivity index (χ1v) is 7.30. The number of hydrogen-bond donors (Lipinski definition) is 2. The third kappa shape index (κ3) is 11.3. The van der Waals surface area contributed by atoms with Gasteiger partial charge in [0.15, 0.2) is 5.96 Å². The van der Waals surface area contributed by atoms with Crippen LogP contribution in [0.15, 0.2) is 29.3 Å². The van der Waals surface area contributed by atoms with Gasteiger partial charge in [-0.25, -0.2) is 0 Å². The Labute approximate surface area is 156 Å². The molecule has 0 aromatic heterocycles. The minimum atomic E-state index is -4.70. The molecule has 1 rings (SSSR count). The van der Waals surface area contributed by atoms with Crippen LogP contribution >= 0.6 is 24.0 Å². The Kier molecular flexibility index (Phi) is 10.8. The van der Waals surface area contributed by atoms with E-state index in [0.29, 0.717) is 18.8 Å². The summed E-state index contributed by atoms with van der Waals surface area (Å²) in [5.74, 6) is -0.0806. The van der Waals surface area contributed by atoms with Crippen LogP contribution in [0.3, 0.4) is 0 Å². The molecule has 0 fully saturated rings. The zero-order valence-corrected chi connectivity index (χ0v) is 15.9. The van der Waals surface area contributed by atoms with Crippen molar-refractivity contribution < 1.29 is 22.6 Å². The molecule has 0 heterocycles. The smallest absolute Gasteiger partial charge is 0.406 e. The first-order chi connectivity index (χ1) is 10.8. The highest BCUT2D eigenvalue weighted by atomic mass is 127. The van der Waals surface area contributed by atoms with Gasteiger partial charge < -0.3 is 20.5 Å². The number of guanidine groups is 1. The number of aliphatic imine (C=N–C) groups is 1. The topological polar surface area (TPSA) is 68.9 Å². The summed E-state index contributed by atoms with van der Waals surface area (Å²) in [6, 6.07) is 5.26. The van der Waals surface area contributed by atoms with Gasteiger partial charge in [0, 0.05) is 18.8 Å². The number of rotatable bonds is 8.